The molecule has 218 valence electrons. The molecule has 0 radical (unpaired) electrons. The van der Waals surface area contributed by atoms with E-state index < -0.39 is 0 Å². The van der Waals surface area contributed by atoms with Crippen LogP contribution in [0.3, 0.4) is 0 Å². The van der Waals surface area contributed by atoms with Crippen LogP contribution in [0.1, 0.15) is 0 Å². The smallest absolute Gasteiger partial charge is 0.166 e. The van der Waals surface area contributed by atoms with Crippen LogP contribution in [0, 0.1) is 0 Å². The van der Waals surface area contributed by atoms with Gasteiger partial charge in [-0.3, -0.25) is 4.57 Å². The minimum atomic E-state index is 0.797. The summed E-state index contributed by atoms with van der Waals surface area (Å²) in [6, 6.07) is 55.6. The van der Waals surface area contributed by atoms with Crippen molar-refractivity contribution in [1.82, 2.24) is 19.5 Å². The van der Waals surface area contributed by atoms with Crippen molar-refractivity contribution in [3.8, 4) is 28.2 Å². The highest BCUT2D eigenvalue weighted by molar-refractivity contribution is 6.17. The van der Waals surface area contributed by atoms with Gasteiger partial charge in [-0.15, -0.1) is 0 Å². The van der Waals surface area contributed by atoms with E-state index in [0.29, 0.717) is 0 Å². The van der Waals surface area contributed by atoms with Crippen molar-refractivity contribution in [1.29, 1.82) is 0 Å². The average molecular weight is 599 g/mol. The molecule has 0 unspecified atom stereocenters. The van der Waals surface area contributed by atoms with E-state index >= 15 is 0 Å². The Morgan fingerprint density at radius 1 is 0.383 bits per heavy atom. The molecule has 0 N–H and O–H groups in total. The van der Waals surface area contributed by atoms with Gasteiger partial charge in [-0.05, 0) is 85.9 Å². The van der Waals surface area contributed by atoms with E-state index in [-0.39, 0.29) is 0 Å². The van der Waals surface area contributed by atoms with Gasteiger partial charge in [0.2, 0.25) is 0 Å². The Kier molecular flexibility index (Phi) is 5.54. The summed E-state index contributed by atoms with van der Waals surface area (Å²) in [5.41, 5.74) is 8.72. The summed E-state index contributed by atoms with van der Waals surface area (Å²) in [7, 11) is 0. The molecule has 0 amide bonds. The van der Waals surface area contributed by atoms with Gasteiger partial charge in [0.05, 0.1) is 22.2 Å². The lowest BCUT2D eigenvalue weighted by Gasteiger charge is -2.10. The highest BCUT2D eigenvalue weighted by Crippen LogP contribution is 2.37. The maximum Gasteiger partial charge on any atom is 0.166 e. The lowest BCUT2D eigenvalue weighted by molar-refractivity contribution is 1.06. The van der Waals surface area contributed by atoms with Gasteiger partial charge in [0.1, 0.15) is 11.3 Å². The van der Waals surface area contributed by atoms with Crippen LogP contribution < -0.4 is 0 Å². The van der Waals surface area contributed by atoms with Crippen molar-refractivity contribution < 1.29 is 0 Å². The van der Waals surface area contributed by atoms with Crippen LogP contribution >= 0.6 is 0 Å². The van der Waals surface area contributed by atoms with Gasteiger partial charge in [0, 0.05) is 10.9 Å². The number of hydrogen-bond acceptors (Lipinski definition) is 3. The molecular weight excluding hydrogens is 573 g/mol. The van der Waals surface area contributed by atoms with E-state index in [0.717, 1.165) is 55.7 Å². The minimum absolute atomic E-state index is 0.797. The van der Waals surface area contributed by atoms with Gasteiger partial charge >= 0.3 is 0 Å². The summed E-state index contributed by atoms with van der Waals surface area (Å²) in [4.78, 5) is 15.4. The quantitative estimate of drug-likeness (QED) is 0.190. The third kappa shape index (κ3) is 4.05. The van der Waals surface area contributed by atoms with Crippen molar-refractivity contribution in [2.24, 2.45) is 0 Å². The molecule has 47 heavy (non-hydrogen) atoms. The lowest BCUT2D eigenvalue weighted by Crippen LogP contribution is -2.00. The highest BCUT2D eigenvalue weighted by Gasteiger charge is 2.18. The molecule has 10 aromatic rings. The summed E-state index contributed by atoms with van der Waals surface area (Å²) in [6.45, 7) is 0. The SMILES string of the molecule is c1ccc(-c2cccc(-n3c4ccc(-c5ccc6c(ccc7c8ccccc8ccc67)c5)cc4c4nc5ccccc5nc43)n2)cc1. The molecule has 0 atom stereocenters. The van der Waals surface area contributed by atoms with E-state index in [2.05, 4.69) is 114 Å². The Bertz CT molecular complexity index is 2850. The van der Waals surface area contributed by atoms with Crippen LogP contribution in [0.25, 0.3) is 93.6 Å². The second-order valence-electron chi connectivity index (χ2n) is 12.1. The number of rotatable bonds is 3. The number of benzene rings is 7. The molecule has 0 saturated carbocycles. The summed E-state index contributed by atoms with van der Waals surface area (Å²) in [5, 5.41) is 8.65. The highest BCUT2D eigenvalue weighted by atomic mass is 15.1. The molecule has 7 aromatic carbocycles. The summed E-state index contributed by atoms with van der Waals surface area (Å²) >= 11 is 0. The van der Waals surface area contributed by atoms with Crippen LogP contribution in [0.5, 0.6) is 0 Å². The number of para-hydroxylation sites is 2. The van der Waals surface area contributed by atoms with Gasteiger partial charge in [-0.2, -0.15) is 0 Å². The van der Waals surface area contributed by atoms with Crippen molar-refractivity contribution >= 4 is 65.4 Å². The summed E-state index contributed by atoms with van der Waals surface area (Å²) in [6.07, 6.45) is 0. The van der Waals surface area contributed by atoms with Crippen molar-refractivity contribution in [2.45, 2.75) is 0 Å². The Balaban J connectivity index is 1.18. The lowest BCUT2D eigenvalue weighted by atomic mass is 9.94. The van der Waals surface area contributed by atoms with Gasteiger partial charge in [0.25, 0.3) is 0 Å². The predicted molar refractivity (Wildman–Crippen MR) is 195 cm³/mol. The molecule has 0 aliphatic carbocycles. The summed E-state index contributed by atoms with van der Waals surface area (Å²) in [5.74, 6) is 0.814. The Hall–Kier alpha value is -6.39. The monoisotopic (exact) mass is 598 g/mol. The number of aromatic nitrogens is 4. The molecule has 10 rings (SSSR count). The maximum absolute atomic E-state index is 5.17. The number of nitrogens with zero attached hydrogens (tertiary/aromatic N) is 4. The molecule has 0 aliphatic rings. The fourth-order valence-corrected chi connectivity index (χ4v) is 7.10. The first-order chi connectivity index (χ1) is 23.3. The van der Waals surface area contributed by atoms with E-state index in [1.807, 2.05) is 48.5 Å². The first-order valence-corrected chi connectivity index (χ1v) is 15.9. The van der Waals surface area contributed by atoms with Gasteiger partial charge < -0.3 is 0 Å². The standard InChI is InChI=1S/C43H26N4/c1-2-10-28(11-3-1)37-15-8-16-41(44-37)47-40-24-20-30(26-36(40)42-43(47)46-39-14-7-6-13-38(39)45-42)29-18-21-33-31(25-29)19-23-34-32-12-5-4-9-27(32)17-22-35(33)34/h1-26H. The molecule has 3 heterocycles. The third-order valence-corrected chi connectivity index (χ3v) is 9.36. The first-order valence-electron chi connectivity index (χ1n) is 15.9. The molecule has 0 spiro atoms. The van der Waals surface area contributed by atoms with E-state index in [1.54, 1.807) is 0 Å². The fourth-order valence-electron chi connectivity index (χ4n) is 7.10. The molecular formula is C43H26N4. The van der Waals surface area contributed by atoms with Crippen LogP contribution in [0.15, 0.2) is 158 Å². The molecule has 4 nitrogen and oxygen atoms in total. The molecule has 0 fully saturated rings. The zero-order chi connectivity index (χ0) is 30.9. The summed E-state index contributed by atoms with van der Waals surface area (Å²) < 4.78 is 2.15. The second-order valence-corrected chi connectivity index (χ2v) is 12.1. The maximum atomic E-state index is 5.17. The zero-order valence-corrected chi connectivity index (χ0v) is 25.3. The Labute approximate surface area is 270 Å². The van der Waals surface area contributed by atoms with E-state index in [1.165, 1.54) is 37.9 Å². The average Bonchev–Trinajstić information content (AvgIpc) is 3.46. The Morgan fingerprint density at radius 3 is 1.94 bits per heavy atom. The molecule has 0 aliphatic heterocycles. The molecule has 0 saturated heterocycles. The first kappa shape index (κ1) is 25.9. The molecule has 4 heteroatoms. The predicted octanol–water partition coefficient (Wildman–Crippen LogP) is 10.9. The van der Waals surface area contributed by atoms with Crippen molar-refractivity contribution in [2.75, 3.05) is 0 Å². The largest absolute Gasteiger partial charge is 0.276 e. The molecule has 0 bridgehead atoms. The van der Waals surface area contributed by atoms with Crippen molar-refractivity contribution in [3.63, 3.8) is 0 Å². The zero-order valence-electron chi connectivity index (χ0n) is 25.3. The van der Waals surface area contributed by atoms with E-state index in [9.17, 15) is 0 Å². The Morgan fingerprint density at radius 2 is 1.06 bits per heavy atom. The van der Waals surface area contributed by atoms with Crippen LogP contribution in [0.4, 0.5) is 0 Å². The van der Waals surface area contributed by atoms with Crippen LogP contribution in [-0.2, 0) is 0 Å². The van der Waals surface area contributed by atoms with Crippen molar-refractivity contribution in [3.05, 3.63) is 158 Å². The topological polar surface area (TPSA) is 43.6 Å². The van der Waals surface area contributed by atoms with Gasteiger partial charge in [-0.25, -0.2) is 15.0 Å². The van der Waals surface area contributed by atoms with Gasteiger partial charge in [-0.1, -0.05) is 115 Å². The number of fused-ring (bicyclic) bond motifs is 9. The normalized spacial score (nSPS) is 11.8. The van der Waals surface area contributed by atoms with Crippen LogP contribution in [0.2, 0.25) is 0 Å². The fraction of sp³-hybridized carbons (Fsp3) is 0. The van der Waals surface area contributed by atoms with Gasteiger partial charge in [0.15, 0.2) is 5.65 Å². The number of pyridine rings is 1. The molecule has 3 aromatic heterocycles. The third-order valence-electron chi connectivity index (χ3n) is 9.36. The second kappa shape index (κ2) is 10.1. The van der Waals surface area contributed by atoms with Crippen LogP contribution in [-0.4, -0.2) is 19.5 Å². The van der Waals surface area contributed by atoms with E-state index in [4.69, 9.17) is 15.0 Å². The minimum Gasteiger partial charge on any atom is -0.276 e. The number of hydrogen-bond donors (Lipinski definition) is 0.